The Morgan fingerprint density at radius 3 is 2.47 bits per heavy atom. The number of benzene rings is 1. The molecule has 1 fully saturated rings. The van der Waals surface area contributed by atoms with Crippen LogP contribution in [0.3, 0.4) is 0 Å². The van der Waals surface area contributed by atoms with Gasteiger partial charge in [-0.15, -0.1) is 0 Å². The summed E-state index contributed by atoms with van der Waals surface area (Å²) in [4.78, 5) is 46.1. The topological polar surface area (TPSA) is 157 Å². The fourth-order valence-corrected chi connectivity index (χ4v) is 4.23. The van der Waals surface area contributed by atoms with Crippen LogP contribution in [0.4, 0.5) is 17.5 Å². The normalized spacial score (nSPS) is 13.9. The number of rotatable bonds is 6. The summed E-state index contributed by atoms with van der Waals surface area (Å²) in [6, 6.07) is 11.6. The molecule has 1 saturated heterocycles. The molecule has 4 N–H and O–H groups in total. The zero-order valence-corrected chi connectivity index (χ0v) is 20.6. The first-order valence-corrected chi connectivity index (χ1v) is 12.0. The van der Waals surface area contributed by atoms with Crippen molar-refractivity contribution in [1.82, 2.24) is 24.8 Å². The van der Waals surface area contributed by atoms with Crippen LogP contribution in [-0.2, 0) is 9.59 Å². The number of phenolic OH excluding ortho intramolecular Hbond substituents is 2. The van der Waals surface area contributed by atoms with E-state index in [4.69, 9.17) is 4.98 Å². The molecule has 4 heterocycles. The monoisotopic (exact) mass is 514 g/mol. The standard InChI is InChI=1S/C26H26N8O4/c1-16(35)28-26-31-20-6-5-19(17-4-7-21(36)22(37)13-17)30-24(20)25(32-26)34-11-9-33(10-12-34)15-23(38)29-18-3-2-8-27-14-18/h2-8,13-14,36-37H,9-12,15H2,1H3,(H,29,38)(H,28,31,32,35). The van der Waals surface area contributed by atoms with Crippen LogP contribution in [0.15, 0.2) is 54.9 Å². The average Bonchev–Trinajstić information content (AvgIpc) is 2.90. The van der Waals surface area contributed by atoms with Gasteiger partial charge in [0.15, 0.2) is 17.3 Å². The highest BCUT2D eigenvalue weighted by atomic mass is 16.3. The number of fused-ring (bicyclic) bond motifs is 1. The molecule has 12 heteroatoms. The number of carbonyl (C=O) groups is 2. The lowest BCUT2D eigenvalue weighted by molar-refractivity contribution is -0.117. The Kier molecular flexibility index (Phi) is 6.96. The summed E-state index contributed by atoms with van der Waals surface area (Å²) in [5.74, 6) is -0.131. The van der Waals surface area contributed by atoms with Crippen molar-refractivity contribution in [3.63, 3.8) is 0 Å². The number of hydrogen-bond donors (Lipinski definition) is 4. The van der Waals surface area contributed by atoms with Gasteiger partial charge in [-0.25, -0.2) is 9.97 Å². The first kappa shape index (κ1) is 24.8. The number of carbonyl (C=O) groups excluding carboxylic acids is 2. The van der Waals surface area contributed by atoms with Crippen LogP contribution in [0.1, 0.15) is 6.92 Å². The third kappa shape index (κ3) is 5.60. The van der Waals surface area contributed by atoms with Crippen LogP contribution in [0, 0.1) is 0 Å². The molecular formula is C26H26N8O4. The Labute approximate surface area is 218 Å². The second-order valence-electron chi connectivity index (χ2n) is 8.87. The number of pyridine rings is 2. The molecule has 0 radical (unpaired) electrons. The summed E-state index contributed by atoms with van der Waals surface area (Å²) in [5, 5.41) is 25.1. The van der Waals surface area contributed by atoms with Crippen LogP contribution in [-0.4, -0.2) is 79.6 Å². The molecule has 0 saturated carbocycles. The fourth-order valence-electron chi connectivity index (χ4n) is 4.23. The molecule has 0 atom stereocenters. The van der Waals surface area contributed by atoms with Gasteiger partial charge < -0.3 is 20.4 Å². The van der Waals surface area contributed by atoms with Gasteiger partial charge in [0.05, 0.1) is 29.6 Å². The van der Waals surface area contributed by atoms with E-state index in [1.54, 1.807) is 42.7 Å². The van der Waals surface area contributed by atoms with Crippen molar-refractivity contribution < 1.29 is 19.8 Å². The Balaban J connectivity index is 1.38. The number of piperazine rings is 1. The van der Waals surface area contributed by atoms with Crippen LogP contribution in [0.25, 0.3) is 22.3 Å². The molecule has 12 nitrogen and oxygen atoms in total. The van der Waals surface area contributed by atoms with E-state index in [1.165, 1.54) is 19.1 Å². The predicted octanol–water partition coefficient (Wildman–Crippen LogP) is 2.22. The van der Waals surface area contributed by atoms with Crippen molar-refractivity contribution in [2.24, 2.45) is 0 Å². The van der Waals surface area contributed by atoms with E-state index >= 15 is 0 Å². The summed E-state index contributed by atoms with van der Waals surface area (Å²) in [5.41, 5.74) is 2.91. The lowest BCUT2D eigenvalue weighted by atomic mass is 10.1. The minimum atomic E-state index is -0.288. The molecule has 4 aromatic rings. The highest BCUT2D eigenvalue weighted by Gasteiger charge is 2.23. The smallest absolute Gasteiger partial charge is 0.238 e. The van der Waals surface area contributed by atoms with E-state index in [1.807, 2.05) is 0 Å². The van der Waals surface area contributed by atoms with Gasteiger partial charge in [-0.2, -0.15) is 4.98 Å². The Morgan fingerprint density at radius 2 is 1.76 bits per heavy atom. The van der Waals surface area contributed by atoms with Gasteiger partial charge in [0.2, 0.25) is 17.8 Å². The van der Waals surface area contributed by atoms with E-state index in [9.17, 15) is 19.8 Å². The number of aromatic hydroxyl groups is 2. The molecular weight excluding hydrogens is 488 g/mol. The average molecular weight is 515 g/mol. The lowest BCUT2D eigenvalue weighted by Crippen LogP contribution is -2.49. The quantitative estimate of drug-likeness (QED) is 0.281. The molecule has 0 bridgehead atoms. The third-order valence-corrected chi connectivity index (χ3v) is 6.07. The number of anilines is 3. The van der Waals surface area contributed by atoms with Crippen molar-refractivity contribution in [2.45, 2.75) is 6.92 Å². The van der Waals surface area contributed by atoms with E-state index in [0.717, 1.165) is 0 Å². The molecule has 0 aliphatic carbocycles. The van der Waals surface area contributed by atoms with E-state index in [2.05, 4.69) is 35.4 Å². The maximum absolute atomic E-state index is 12.5. The van der Waals surface area contributed by atoms with Crippen molar-refractivity contribution >= 4 is 40.3 Å². The first-order chi connectivity index (χ1) is 18.4. The molecule has 3 aromatic heterocycles. The van der Waals surface area contributed by atoms with Crippen LogP contribution in [0.2, 0.25) is 0 Å². The van der Waals surface area contributed by atoms with Gasteiger partial charge in [-0.05, 0) is 42.5 Å². The number of aromatic nitrogens is 4. The number of hydrogen-bond acceptors (Lipinski definition) is 10. The number of nitrogens with one attached hydrogen (secondary N) is 2. The van der Waals surface area contributed by atoms with Crippen molar-refractivity contribution in [2.75, 3.05) is 48.3 Å². The fraction of sp³-hybridized carbons (Fsp3) is 0.231. The number of nitrogens with zero attached hydrogens (tertiary/aromatic N) is 6. The van der Waals surface area contributed by atoms with Gasteiger partial charge in [0.1, 0.15) is 5.52 Å². The van der Waals surface area contributed by atoms with Gasteiger partial charge in [0, 0.05) is 44.9 Å². The molecule has 1 aliphatic heterocycles. The maximum Gasteiger partial charge on any atom is 0.238 e. The highest BCUT2D eigenvalue weighted by molar-refractivity contribution is 5.93. The molecule has 2 amide bonds. The summed E-state index contributed by atoms with van der Waals surface area (Å²) in [6.07, 6.45) is 3.25. The lowest BCUT2D eigenvalue weighted by Gasteiger charge is -2.35. The molecule has 0 spiro atoms. The second-order valence-corrected chi connectivity index (χ2v) is 8.87. The summed E-state index contributed by atoms with van der Waals surface area (Å²) >= 11 is 0. The molecule has 38 heavy (non-hydrogen) atoms. The summed E-state index contributed by atoms with van der Waals surface area (Å²) in [6.45, 7) is 4.04. The van der Waals surface area contributed by atoms with Crippen LogP contribution < -0.4 is 15.5 Å². The summed E-state index contributed by atoms with van der Waals surface area (Å²) < 4.78 is 0. The Bertz CT molecular complexity index is 1490. The SMILES string of the molecule is CC(=O)Nc1nc(N2CCN(CC(=O)Nc3cccnc3)CC2)c2nc(-c3ccc(O)c(O)c3)ccc2n1. The Morgan fingerprint density at radius 1 is 0.947 bits per heavy atom. The highest BCUT2D eigenvalue weighted by Crippen LogP contribution is 2.32. The van der Waals surface area contributed by atoms with Gasteiger partial charge in [-0.3, -0.25) is 24.8 Å². The van der Waals surface area contributed by atoms with Crippen molar-refractivity contribution in [3.05, 3.63) is 54.9 Å². The number of amides is 2. The van der Waals surface area contributed by atoms with Crippen LogP contribution in [0.5, 0.6) is 11.5 Å². The minimum Gasteiger partial charge on any atom is -0.504 e. The number of phenols is 2. The second kappa shape index (κ2) is 10.6. The molecule has 5 rings (SSSR count). The van der Waals surface area contributed by atoms with E-state index in [0.29, 0.717) is 60.0 Å². The molecule has 1 aromatic carbocycles. The molecule has 1 aliphatic rings. The summed E-state index contributed by atoms with van der Waals surface area (Å²) in [7, 11) is 0. The third-order valence-electron chi connectivity index (χ3n) is 6.07. The van der Waals surface area contributed by atoms with Gasteiger partial charge >= 0.3 is 0 Å². The maximum atomic E-state index is 12.5. The zero-order chi connectivity index (χ0) is 26.6. The molecule has 194 valence electrons. The van der Waals surface area contributed by atoms with Crippen molar-refractivity contribution in [1.29, 1.82) is 0 Å². The Hall–Kier alpha value is -4.84. The first-order valence-electron chi connectivity index (χ1n) is 12.0. The van der Waals surface area contributed by atoms with Gasteiger partial charge in [0.25, 0.3) is 0 Å². The van der Waals surface area contributed by atoms with E-state index < -0.39 is 0 Å². The van der Waals surface area contributed by atoms with Gasteiger partial charge in [-0.1, -0.05) is 0 Å². The largest absolute Gasteiger partial charge is 0.504 e. The van der Waals surface area contributed by atoms with Crippen molar-refractivity contribution in [3.8, 4) is 22.8 Å². The van der Waals surface area contributed by atoms with E-state index in [-0.39, 0.29) is 35.8 Å². The minimum absolute atomic E-state index is 0.115. The van der Waals surface area contributed by atoms with Crippen LogP contribution >= 0.6 is 0 Å². The molecule has 0 unspecified atom stereocenters. The zero-order valence-electron chi connectivity index (χ0n) is 20.6. The predicted molar refractivity (Wildman–Crippen MR) is 142 cm³/mol.